The second kappa shape index (κ2) is 10.7. The maximum Gasteiger partial charge on any atom is 0.345 e. The Hall–Kier alpha value is -2.87. The quantitative estimate of drug-likeness (QED) is 0.358. The summed E-state index contributed by atoms with van der Waals surface area (Å²) < 4.78 is 11.3. The number of carbonyl (C=O) groups excluding carboxylic acids is 2. The number of aromatic nitrogens is 1. The Morgan fingerprint density at radius 2 is 1.58 bits per heavy atom. The molecule has 2 aliphatic rings. The molecule has 1 aliphatic carbocycles. The van der Waals surface area contributed by atoms with Crippen LogP contribution in [-0.4, -0.2) is 40.6 Å². The molecule has 1 saturated heterocycles. The number of nitrogens with two attached hydrogens (primary N) is 1. The molecule has 2 aromatic carbocycles. The smallest absolute Gasteiger partial charge is 0.345 e. The highest BCUT2D eigenvalue weighted by atomic mass is 35.5. The molecular weight excluding hydrogens is 525 g/mol. The number of primary amides is 1. The van der Waals surface area contributed by atoms with Gasteiger partial charge < -0.3 is 15.0 Å². The topological polar surface area (TPSA) is 98.7 Å². The van der Waals surface area contributed by atoms with Crippen LogP contribution in [0.15, 0.2) is 53.1 Å². The second-order valence-electron chi connectivity index (χ2n) is 10.3. The van der Waals surface area contributed by atoms with Crippen LogP contribution in [0.2, 0.25) is 10.0 Å². The lowest BCUT2D eigenvalue weighted by Gasteiger charge is -2.51. The molecule has 0 radical (unpaired) electrons. The molecule has 1 saturated carbocycles. The van der Waals surface area contributed by atoms with Crippen molar-refractivity contribution in [3.8, 4) is 11.3 Å². The van der Waals surface area contributed by atoms with Gasteiger partial charge in [-0.2, -0.15) is 0 Å². The van der Waals surface area contributed by atoms with Gasteiger partial charge in [-0.25, -0.2) is 4.79 Å². The third kappa shape index (κ3) is 4.72. The molecule has 2 N–H and O–H groups in total. The van der Waals surface area contributed by atoms with Crippen molar-refractivity contribution in [1.82, 2.24) is 10.1 Å². The first-order valence-corrected chi connectivity index (χ1v) is 13.8. The first-order chi connectivity index (χ1) is 18.3. The normalized spacial score (nSPS) is 24.2. The molecule has 1 aromatic heterocycles. The Morgan fingerprint density at radius 3 is 2.18 bits per heavy atom. The average molecular weight is 556 g/mol. The number of rotatable bonds is 6. The minimum Gasteiger partial charge on any atom is -0.445 e. The van der Waals surface area contributed by atoms with E-state index in [0.717, 1.165) is 25.9 Å². The molecule has 38 heavy (non-hydrogen) atoms. The van der Waals surface area contributed by atoms with Crippen molar-refractivity contribution in [2.75, 3.05) is 13.1 Å². The van der Waals surface area contributed by atoms with E-state index in [9.17, 15) is 9.59 Å². The zero-order valence-electron chi connectivity index (χ0n) is 21.3. The highest BCUT2D eigenvalue weighted by Gasteiger charge is 2.52. The van der Waals surface area contributed by atoms with E-state index >= 15 is 0 Å². The summed E-state index contributed by atoms with van der Waals surface area (Å²) in [6, 6.07) is 15.4. The molecule has 200 valence electrons. The zero-order valence-corrected chi connectivity index (χ0v) is 22.9. The third-order valence-corrected chi connectivity index (χ3v) is 8.79. The van der Waals surface area contributed by atoms with Gasteiger partial charge in [-0.3, -0.25) is 9.69 Å². The highest BCUT2D eigenvalue weighted by Crippen LogP contribution is 2.48. The van der Waals surface area contributed by atoms with Gasteiger partial charge in [0.05, 0.1) is 10.0 Å². The number of esters is 1. The van der Waals surface area contributed by atoms with Crippen LogP contribution in [0, 0.1) is 6.92 Å². The lowest BCUT2D eigenvalue weighted by atomic mass is 9.69. The summed E-state index contributed by atoms with van der Waals surface area (Å²) in [6.45, 7) is 3.60. The Balaban J connectivity index is 1.45. The van der Waals surface area contributed by atoms with Crippen LogP contribution in [0.5, 0.6) is 0 Å². The van der Waals surface area contributed by atoms with Crippen molar-refractivity contribution in [2.45, 2.75) is 63.0 Å². The van der Waals surface area contributed by atoms with Crippen molar-refractivity contribution in [2.24, 2.45) is 5.73 Å². The first-order valence-electron chi connectivity index (χ1n) is 13.0. The van der Waals surface area contributed by atoms with E-state index in [4.69, 9.17) is 38.2 Å². The predicted molar refractivity (Wildman–Crippen MR) is 146 cm³/mol. The maximum absolute atomic E-state index is 13.6. The number of benzene rings is 2. The van der Waals surface area contributed by atoms with Gasteiger partial charge in [0.15, 0.2) is 5.60 Å². The van der Waals surface area contributed by atoms with Gasteiger partial charge in [0.2, 0.25) is 0 Å². The molecule has 3 aromatic rings. The summed E-state index contributed by atoms with van der Waals surface area (Å²) in [5.41, 5.74) is 6.08. The van der Waals surface area contributed by atoms with E-state index in [1.165, 1.54) is 12.0 Å². The molecule has 5 rings (SSSR count). The van der Waals surface area contributed by atoms with Gasteiger partial charge >= 0.3 is 5.97 Å². The summed E-state index contributed by atoms with van der Waals surface area (Å²) >= 11 is 12.8. The molecule has 2 fully saturated rings. The summed E-state index contributed by atoms with van der Waals surface area (Å²) in [6.07, 6.45) is 5.41. The van der Waals surface area contributed by atoms with Gasteiger partial charge in [-0.15, -0.1) is 0 Å². The number of ether oxygens (including phenoxy) is 1. The molecule has 9 heteroatoms. The Bertz CT molecular complexity index is 1310. The third-order valence-electron chi connectivity index (χ3n) is 8.16. The lowest BCUT2D eigenvalue weighted by molar-refractivity contribution is -0.145. The van der Waals surface area contributed by atoms with Crippen molar-refractivity contribution in [3.63, 3.8) is 0 Å². The number of hydrogen-bond donors (Lipinski definition) is 1. The van der Waals surface area contributed by atoms with E-state index in [1.54, 1.807) is 25.1 Å². The fourth-order valence-electron chi connectivity index (χ4n) is 6.06. The Morgan fingerprint density at radius 1 is 0.947 bits per heavy atom. The van der Waals surface area contributed by atoms with E-state index in [0.29, 0.717) is 41.3 Å². The number of piperidine rings is 1. The Labute approximate surface area is 232 Å². The molecule has 2 heterocycles. The van der Waals surface area contributed by atoms with Crippen LogP contribution < -0.4 is 5.73 Å². The molecule has 0 bridgehead atoms. The van der Waals surface area contributed by atoms with Crippen LogP contribution in [0.3, 0.4) is 0 Å². The Kier molecular flexibility index (Phi) is 7.54. The standard InChI is InChI=1S/C29H31Cl2N3O4/c1-19-23(25(33-38-19)24-21(30)11-8-12-22(24)31)26(35)37-29(27(32)36)15-13-28(14-16-29,20-9-4-2-5-10-20)34-17-6-3-7-18-34/h2,4-5,8-12H,3,6-7,13-18H2,1H3,(H2,32,36). The number of aryl methyl sites for hydroxylation is 1. The van der Waals surface area contributed by atoms with Gasteiger partial charge in [0.1, 0.15) is 17.0 Å². The fourth-order valence-corrected chi connectivity index (χ4v) is 6.64. The number of hydrogen-bond acceptors (Lipinski definition) is 6. The SMILES string of the molecule is Cc1onc(-c2c(Cl)cccc2Cl)c1C(=O)OC1(C(N)=O)CCC(c2ccccc2)(N2CCCCC2)CC1. The second-order valence-corrected chi connectivity index (χ2v) is 11.1. The van der Waals surface area contributed by atoms with Crippen molar-refractivity contribution in [3.05, 3.63) is 75.5 Å². The molecule has 1 amide bonds. The molecule has 0 spiro atoms. The molecule has 0 unspecified atom stereocenters. The number of nitrogens with zero attached hydrogens (tertiary/aromatic N) is 2. The number of carbonyl (C=O) groups is 2. The summed E-state index contributed by atoms with van der Waals surface area (Å²) in [5.74, 6) is -1.15. The summed E-state index contributed by atoms with van der Waals surface area (Å²) in [5, 5.41) is 4.68. The van der Waals surface area contributed by atoms with Crippen LogP contribution in [0.4, 0.5) is 0 Å². The first kappa shape index (κ1) is 26.7. The van der Waals surface area contributed by atoms with Crippen LogP contribution >= 0.6 is 23.2 Å². The van der Waals surface area contributed by atoms with E-state index in [-0.39, 0.29) is 22.6 Å². The maximum atomic E-state index is 13.6. The highest BCUT2D eigenvalue weighted by molar-refractivity contribution is 6.39. The molecule has 0 atom stereocenters. The van der Waals surface area contributed by atoms with Gasteiger partial charge in [0, 0.05) is 11.1 Å². The summed E-state index contributed by atoms with van der Waals surface area (Å²) in [4.78, 5) is 29.1. The average Bonchev–Trinajstić information content (AvgIpc) is 3.31. The van der Waals surface area contributed by atoms with Crippen LogP contribution in [0.25, 0.3) is 11.3 Å². The molecular formula is C29H31Cl2N3O4. The number of likely N-dealkylation sites (tertiary alicyclic amines) is 1. The minimum absolute atomic E-state index is 0.0801. The lowest BCUT2D eigenvalue weighted by Crippen LogP contribution is -2.57. The van der Waals surface area contributed by atoms with Crippen LogP contribution in [0.1, 0.15) is 66.6 Å². The zero-order chi connectivity index (χ0) is 26.9. The van der Waals surface area contributed by atoms with Gasteiger partial charge in [-0.1, -0.05) is 71.2 Å². The van der Waals surface area contributed by atoms with E-state index in [2.05, 4.69) is 22.2 Å². The van der Waals surface area contributed by atoms with Crippen molar-refractivity contribution in [1.29, 1.82) is 0 Å². The van der Waals surface area contributed by atoms with E-state index < -0.39 is 17.5 Å². The molecule has 1 aliphatic heterocycles. The fraction of sp³-hybridized carbons (Fsp3) is 0.414. The van der Waals surface area contributed by atoms with E-state index in [1.807, 2.05) is 18.2 Å². The summed E-state index contributed by atoms with van der Waals surface area (Å²) in [7, 11) is 0. The monoisotopic (exact) mass is 555 g/mol. The van der Waals surface area contributed by atoms with Crippen LogP contribution in [-0.2, 0) is 15.1 Å². The largest absolute Gasteiger partial charge is 0.445 e. The van der Waals surface area contributed by atoms with Crippen molar-refractivity contribution >= 4 is 35.1 Å². The predicted octanol–water partition coefficient (Wildman–Crippen LogP) is 6.29. The van der Waals surface area contributed by atoms with Gasteiger partial charge in [0.25, 0.3) is 5.91 Å². The van der Waals surface area contributed by atoms with Gasteiger partial charge in [-0.05, 0) is 76.2 Å². The van der Waals surface area contributed by atoms with Crippen molar-refractivity contribution < 1.29 is 18.8 Å². The number of amides is 1. The molecule has 7 nitrogen and oxygen atoms in total. The number of halogens is 2. The minimum atomic E-state index is -1.45.